The third-order valence-electron chi connectivity index (χ3n) is 3.01. The van der Waals surface area contributed by atoms with Crippen LogP contribution in [-0.2, 0) is 9.59 Å². The van der Waals surface area contributed by atoms with Gasteiger partial charge in [0, 0.05) is 31.5 Å². The first-order valence-corrected chi connectivity index (χ1v) is 6.47. The maximum absolute atomic E-state index is 11.8. The molecule has 98 valence electrons. The zero-order valence-electron chi connectivity index (χ0n) is 11.2. The van der Waals surface area contributed by atoms with Gasteiger partial charge in [-0.3, -0.25) is 9.59 Å². The van der Waals surface area contributed by atoms with Crippen LogP contribution in [-0.4, -0.2) is 36.3 Å². The van der Waals surface area contributed by atoms with Crippen molar-refractivity contribution in [3.63, 3.8) is 0 Å². The van der Waals surface area contributed by atoms with Gasteiger partial charge < -0.3 is 10.2 Å². The smallest absolute Gasteiger partial charge is 0.225 e. The molecule has 0 saturated carbocycles. The van der Waals surface area contributed by atoms with Crippen LogP contribution in [0.2, 0.25) is 0 Å². The summed E-state index contributed by atoms with van der Waals surface area (Å²) in [5.74, 6) is 0.169. The summed E-state index contributed by atoms with van der Waals surface area (Å²) in [6.07, 6.45) is 3.87. The maximum Gasteiger partial charge on any atom is 0.225 e. The Kier molecular flexibility index (Phi) is 4.97. The van der Waals surface area contributed by atoms with Gasteiger partial charge in [0.05, 0.1) is 0 Å². The van der Waals surface area contributed by atoms with Gasteiger partial charge in [0.15, 0.2) is 0 Å². The summed E-state index contributed by atoms with van der Waals surface area (Å²) < 4.78 is 0. The molecule has 0 bridgehead atoms. The van der Waals surface area contributed by atoms with E-state index in [1.165, 1.54) is 6.42 Å². The fourth-order valence-electron chi connectivity index (χ4n) is 1.85. The lowest BCUT2D eigenvalue weighted by atomic mass is 9.96. The zero-order valence-corrected chi connectivity index (χ0v) is 11.2. The lowest BCUT2D eigenvalue weighted by Crippen LogP contribution is -2.40. The van der Waals surface area contributed by atoms with Crippen molar-refractivity contribution in [2.24, 2.45) is 5.41 Å². The second-order valence-electron chi connectivity index (χ2n) is 5.70. The van der Waals surface area contributed by atoms with E-state index >= 15 is 0 Å². The molecule has 0 aromatic rings. The summed E-state index contributed by atoms with van der Waals surface area (Å²) in [5, 5.41) is 2.81. The summed E-state index contributed by atoms with van der Waals surface area (Å²) in [6, 6.07) is 0. The minimum Gasteiger partial charge on any atom is -0.355 e. The molecule has 0 unspecified atom stereocenters. The van der Waals surface area contributed by atoms with Crippen molar-refractivity contribution in [3.05, 3.63) is 0 Å². The van der Waals surface area contributed by atoms with E-state index in [0.29, 0.717) is 13.0 Å². The molecule has 0 atom stereocenters. The molecule has 1 aliphatic rings. The normalized spacial score (nSPS) is 16.8. The highest BCUT2D eigenvalue weighted by molar-refractivity contribution is 5.82. The standard InChI is InChI=1S/C13H24N2O2/c1-13(2,3)12(17)14-8-7-11(16)15-9-5-4-6-10-15/h4-10H2,1-3H3,(H,14,17). The first kappa shape index (κ1) is 14.0. The van der Waals surface area contributed by atoms with Crippen LogP contribution in [0.25, 0.3) is 0 Å². The van der Waals surface area contributed by atoms with E-state index in [4.69, 9.17) is 0 Å². The van der Waals surface area contributed by atoms with E-state index in [-0.39, 0.29) is 17.2 Å². The molecule has 0 aromatic carbocycles. The Morgan fingerprint density at radius 2 is 1.71 bits per heavy atom. The third kappa shape index (κ3) is 4.75. The van der Waals surface area contributed by atoms with E-state index in [0.717, 1.165) is 25.9 Å². The topological polar surface area (TPSA) is 49.4 Å². The first-order valence-electron chi connectivity index (χ1n) is 6.47. The molecule has 4 nitrogen and oxygen atoms in total. The molecule has 0 spiro atoms. The van der Waals surface area contributed by atoms with Gasteiger partial charge in [-0.1, -0.05) is 20.8 Å². The molecule has 1 saturated heterocycles. The van der Waals surface area contributed by atoms with Gasteiger partial charge in [-0.15, -0.1) is 0 Å². The number of nitrogens with zero attached hydrogens (tertiary/aromatic N) is 1. The summed E-state index contributed by atoms with van der Waals surface area (Å²) in [6.45, 7) is 7.82. The van der Waals surface area contributed by atoms with Gasteiger partial charge >= 0.3 is 0 Å². The van der Waals surface area contributed by atoms with E-state index in [9.17, 15) is 9.59 Å². The maximum atomic E-state index is 11.8. The van der Waals surface area contributed by atoms with Crippen molar-refractivity contribution in [1.29, 1.82) is 0 Å². The summed E-state index contributed by atoms with van der Waals surface area (Å²) in [7, 11) is 0. The molecule has 1 rings (SSSR count). The number of carbonyl (C=O) groups excluding carboxylic acids is 2. The van der Waals surface area contributed by atoms with Crippen molar-refractivity contribution >= 4 is 11.8 Å². The highest BCUT2D eigenvalue weighted by atomic mass is 16.2. The zero-order chi connectivity index (χ0) is 12.9. The number of amides is 2. The monoisotopic (exact) mass is 240 g/mol. The Labute approximate surface area is 104 Å². The highest BCUT2D eigenvalue weighted by Gasteiger charge is 2.21. The van der Waals surface area contributed by atoms with Crippen LogP contribution >= 0.6 is 0 Å². The quantitative estimate of drug-likeness (QED) is 0.813. The predicted octanol–water partition coefficient (Wildman–Crippen LogP) is 1.55. The van der Waals surface area contributed by atoms with Crippen molar-refractivity contribution in [2.75, 3.05) is 19.6 Å². The lowest BCUT2D eigenvalue weighted by molar-refractivity contribution is -0.132. The third-order valence-corrected chi connectivity index (χ3v) is 3.01. The summed E-state index contributed by atoms with van der Waals surface area (Å²) in [4.78, 5) is 25.3. The fraction of sp³-hybridized carbons (Fsp3) is 0.846. The van der Waals surface area contributed by atoms with Crippen molar-refractivity contribution < 1.29 is 9.59 Å². The van der Waals surface area contributed by atoms with E-state index in [2.05, 4.69) is 5.32 Å². The number of likely N-dealkylation sites (tertiary alicyclic amines) is 1. The van der Waals surface area contributed by atoms with Crippen LogP contribution in [0.15, 0.2) is 0 Å². The Bertz CT molecular complexity index is 276. The Hall–Kier alpha value is -1.06. The van der Waals surface area contributed by atoms with Crippen molar-refractivity contribution in [3.8, 4) is 0 Å². The summed E-state index contributed by atoms with van der Waals surface area (Å²) >= 11 is 0. The van der Waals surface area contributed by atoms with Gasteiger partial charge in [-0.05, 0) is 19.3 Å². The molecule has 17 heavy (non-hydrogen) atoms. The number of hydrogen-bond donors (Lipinski definition) is 1. The van der Waals surface area contributed by atoms with E-state index in [1.54, 1.807) is 0 Å². The molecule has 0 aliphatic carbocycles. The Balaban J connectivity index is 2.22. The number of nitrogens with one attached hydrogen (secondary N) is 1. The molecule has 4 heteroatoms. The fourth-order valence-corrected chi connectivity index (χ4v) is 1.85. The molecule has 1 N–H and O–H groups in total. The molecular weight excluding hydrogens is 216 g/mol. The van der Waals surface area contributed by atoms with Gasteiger partial charge in [-0.25, -0.2) is 0 Å². The molecule has 0 radical (unpaired) electrons. The van der Waals surface area contributed by atoms with Crippen LogP contribution in [0.3, 0.4) is 0 Å². The van der Waals surface area contributed by atoms with Crippen LogP contribution in [0.5, 0.6) is 0 Å². The average Bonchev–Trinajstić information content (AvgIpc) is 2.28. The first-order chi connectivity index (χ1) is 7.91. The Morgan fingerprint density at radius 1 is 1.12 bits per heavy atom. The second-order valence-corrected chi connectivity index (χ2v) is 5.70. The highest BCUT2D eigenvalue weighted by Crippen LogP contribution is 2.12. The SMILES string of the molecule is CC(C)(C)C(=O)NCCC(=O)N1CCCCC1. The van der Waals surface area contributed by atoms with E-state index < -0.39 is 0 Å². The van der Waals surface area contributed by atoms with Crippen molar-refractivity contribution in [2.45, 2.75) is 46.5 Å². The van der Waals surface area contributed by atoms with Gasteiger partial charge in [0.2, 0.25) is 11.8 Å². The van der Waals surface area contributed by atoms with Crippen LogP contribution in [0.4, 0.5) is 0 Å². The predicted molar refractivity (Wildman–Crippen MR) is 67.5 cm³/mol. The largest absolute Gasteiger partial charge is 0.355 e. The van der Waals surface area contributed by atoms with Gasteiger partial charge in [-0.2, -0.15) is 0 Å². The Morgan fingerprint density at radius 3 is 2.24 bits per heavy atom. The van der Waals surface area contributed by atoms with Gasteiger partial charge in [0.1, 0.15) is 0 Å². The number of carbonyl (C=O) groups is 2. The molecule has 1 heterocycles. The minimum absolute atomic E-state index is 0.00365. The van der Waals surface area contributed by atoms with Crippen LogP contribution in [0.1, 0.15) is 46.5 Å². The van der Waals surface area contributed by atoms with E-state index in [1.807, 2.05) is 25.7 Å². The average molecular weight is 240 g/mol. The van der Waals surface area contributed by atoms with Crippen molar-refractivity contribution in [1.82, 2.24) is 10.2 Å². The minimum atomic E-state index is -0.381. The molecule has 0 aromatic heterocycles. The molecular formula is C13H24N2O2. The summed E-state index contributed by atoms with van der Waals surface area (Å²) in [5.41, 5.74) is -0.381. The second kappa shape index (κ2) is 6.03. The molecule has 1 aliphatic heterocycles. The lowest BCUT2D eigenvalue weighted by Gasteiger charge is -2.27. The van der Waals surface area contributed by atoms with Gasteiger partial charge in [0.25, 0.3) is 0 Å². The molecule has 2 amide bonds. The van der Waals surface area contributed by atoms with Crippen LogP contribution < -0.4 is 5.32 Å². The number of piperidine rings is 1. The molecule has 1 fully saturated rings. The number of rotatable bonds is 3. The number of hydrogen-bond acceptors (Lipinski definition) is 2. The van der Waals surface area contributed by atoms with Crippen LogP contribution in [0, 0.1) is 5.41 Å².